The van der Waals surface area contributed by atoms with Crippen LogP contribution in [0.15, 0.2) is 42.5 Å². The molecule has 0 aliphatic carbocycles. The van der Waals surface area contributed by atoms with Gasteiger partial charge in [-0.3, -0.25) is 0 Å². The van der Waals surface area contributed by atoms with Gasteiger partial charge in [0.2, 0.25) is 0 Å². The van der Waals surface area contributed by atoms with Crippen LogP contribution in [0.1, 0.15) is 18.4 Å². The average molecular weight is 367 g/mol. The number of nitrogens with zero attached hydrogens (tertiary/aromatic N) is 1. The average Bonchev–Trinajstić information content (AvgIpc) is 2.98. The number of methoxy groups -OCH3 is 1. The first kappa shape index (κ1) is 19.4. The van der Waals surface area contributed by atoms with Crippen LogP contribution in [0.2, 0.25) is 0 Å². The Morgan fingerprint density at radius 1 is 1.04 bits per heavy atom. The molecule has 1 fully saturated rings. The van der Waals surface area contributed by atoms with Crippen molar-refractivity contribution in [3.05, 3.63) is 59.4 Å². The third-order valence-electron chi connectivity index (χ3n) is 4.11. The number of rotatable bonds is 7. The molecule has 0 amide bonds. The highest BCUT2D eigenvalue weighted by atomic mass is 16.7. The summed E-state index contributed by atoms with van der Waals surface area (Å²) in [6.45, 7) is 8.93. The predicted molar refractivity (Wildman–Crippen MR) is 102 cm³/mol. The summed E-state index contributed by atoms with van der Waals surface area (Å²) >= 11 is 0. The second kappa shape index (κ2) is 10.1. The molecule has 0 aromatic heterocycles. The first-order chi connectivity index (χ1) is 13.3. The van der Waals surface area contributed by atoms with Gasteiger partial charge < -0.3 is 23.5 Å². The fraction of sp³-hybridized carbons (Fsp3) is 0.350. The summed E-state index contributed by atoms with van der Waals surface area (Å²) in [4.78, 5) is 3.38. The minimum absolute atomic E-state index is 0.203. The molecule has 6 nitrogen and oxygen atoms in total. The Labute approximate surface area is 159 Å². The Bertz CT molecular complexity index is 767. The summed E-state index contributed by atoms with van der Waals surface area (Å²) in [6.07, 6.45) is 1.99. The van der Waals surface area contributed by atoms with E-state index in [2.05, 4.69) is 4.85 Å². The molecule has 1 heterocycles. The molecule has 0 N–H and O–H groups in total. The Morgan fingerprint density at radius 3 is 2.41 bits per heavy atom. The largest absolute Gasteiger partial charge is 0.494 e. The molecule has 140 valence electrons. The topological polar surface area (TPSA) is 50.5 Å². The molecule has 1 aliphatic heterocycles. The third-order valence-corrected chi connectivity index (χ3v) is 4.11. The molecule has 1 aliphatic rings. The van der Waals surface area contributed by atoms with Crippen molar-refractivity contribution in [3.8, 4) is 11.5 Å². The number of hydrogen-bond donors (Lipinski definition) is 0. The molecule has 0 saturated carbocycles. The SMILES string of the molecule is [C-]#[N+]c1ccc(Oc2ccc(B3OCCCCO3)c(COCOC)c2)cc1. The Balaban J connectivity index is 1.80. The van der Waals surface area contributed by atoms with Crippen LogP contribution >= 0.6 is 0 Å². The fourth-order valence-electron chi connectivity index (χ4n) is 2.77. The van der Waals surface area contributed by atoms with Gasteiger partial charge in [0.15, 0.2) is 5.69 Å². The van der Waals surface area contributed by atoms with Crippen molar-refractivity contribution in [2.24, 2.45) is 0 Å². The minimum atomic E-state index is -0.402. The lowest BCUT2D eigenvalue weighted by Gasteiger charge is -2.17. The van der Waals surface area contributed by atoms with Crippen molar-refractivity contribution in [2.45, 2.75) is 19.4 Å². The summed E-state index contributed by atoms with van der Waals surface area (Å²) in [5.74, 6) is 1.35. The van der Waals surface area contributed by atoms with Gasteiger partial charge in [0.25, 0.3) is 0 Å². The molecule has 27 heavy (non-hydrogen) atoms. The van der Waals surface area contributed by atoms with Gasteiger partial charge in [0.05, 0.1) is 13.2 Å². The van der Waals surface area contributed by atoms with Crippen molar-refractivity contribution < 1.29 is 23.5 Å². The van der Waals surface area contributed by atoms with Crippen molar-refractivity contribution in [1.82, 2.24) is 0 Å². The van der Waals surface area contributed by atoms with E-state index in [0.29, 0.717) is 37.0 Å². The van der Waals surface area contributed by atoms with Crippen LogP contribution in [0.5, 0.6) is 11.5 Å². The van der Waals surface area contributed by atoms with Gasteiger partial charge in [-0.1, -0.05) is 18.2 Å². The van der Waals surface area contributed by atoms with Gasteiger partial charge >= 0.3 is 7.12 Å². The van der Waals surface area contributed by atoms with E-state index in [9.17, 15) is 0 Å². The summed E-state index contributed by atoms with van der Waals surface area (Å²) in [7, 11) is 1.19. The zero-order chi connectivity index (χ0) is 18.9. The van der Waals surface area contributed by atoms with Gasteiger partial charge in [-0.2, -0.15) is 0 Å². The van der Waals surface area contributed by atoms with E-state index in [0.717, 1.165) is 23.9 Å². The molecule has 2 aromatic rings. The molecular weight excluding hydrogens is 345 g/mol. The lowest BCUT2D eigenvalue weighted by atomic mass is 9.75. The molecule has 0 spiro atoms. The number of hydrogen-bond acceptors (Lipinski definition) is 5. The van der Waals surface area contributed by atoms with Gasteiger partial charge in [0, 0.05) is 20.3 Å². The van der Waals surface area contributed by atoms with E-state index in [1.165, 1.54) is 0 Å². The van der Waals surface area contributed by atoms with E-state index in [-0.39, 0.29) is 6.79 Å². The molecule has 0 unspecified atom stereocenters. The second-order valence-corrected chi connectivity index (χ2v) is 6.10. The second-order valence-electron chi connectivity index (χ2n) is 6.10. The van der Waals surface area contributed by atoms with Crippen LogP contribution in [0.4, 0.5) is 5.69 Å². The zero-order valence-electron chi connectivity index (χ0n) is 15.3. The van der Waals surface area contributed by atoms with Crippen molar-refractivity contribution in [1.29, 1.82) is 0 Å². The van der Waals surface area contributed by atoms with Crippen LogP contribution in [0, 0.1) is 6.57 Å². The van der Waals surface area contributed by atoms with Crippen molar-refractivity contribution in [3.63, 3.8) is 0 Å². The smallest absolute Gasteiger partial charge is 0.457 e. The maximum atomic E-state index is 7.02. The van der Waals surface area contributed by atoms with Crippen molar-refractivity contribution in [2.75, 3.05) is 27.1 Å². The van der Waals surface area contributed by atoms with E-state index in [1.807, 2.05) is 18.2 Å². The van der Waals surface area contributed by atoms with Gasteiger partial charge in [-0.15, -0.1) is 0 Å². The Morgan fingerprint density at radius 2 is 1.74 bits per heavy atom. The third kappa shape index (κ3) is 5.55. The molecule has 3 rings (SSSR count). The molecule has 0 atom stereocenters. The highest BCUT2D eigenvalue weighted by Crippen LogP contribution is 2.25. The number of benzene rings is 2. The van der Waals surface area contributed by atoms with Crippen LogP contribution in [-0.4, -0.2) is 34.2 Å². The summed E-state index contributed by atoms with van der Waals surface area (Å²) < 4.78 is 28.1. The fourth-order valence-corrected chi connectivity index (χ4v) is 2.77. The summed E-state index contributed by atoms with van der Waals surface area (Å²) in [6, 6.07) is 12.8. The summed E-state index contributed by atoms with van der Waals surface area (Å²) in [5, 5.41) is 0. The van der Waals surface area contributed by atoms with Gasteiger partial charge in [-0.25, -0.2) is 4.85 Å². The standard InChI is InChI=1S/C20H22BNO5/c1-22-17-5-7-18(8-6-17)27-19-9-10-20(16(13-19)14-24-15-23-2)21-25-11-3-4-12-26-21/h5-10,13H,3-4,11-12,14-15H2,2H3. The molecule has 0 bridgehead atoms. The monoisotopic (exact) mass is 367 g/mol. The van der Waals surface area contributed by atoms with E-state index in [4.69, 9.17) is 30.1 Å². The summed E-state index contributed by atoms with van der Waals surface area (Å²) in [5.41, 5.74) is 2.44. The minimum Gasteiger partial charge on any atom is -0.457 e. The lowest BCUT2D eigenvalue weighted by Crippen LogP contribution is -2.38. The quantitative estimate of drug-likeness (QED) is 0.324. The van der Waals surface area contributed by atoms with Crippen molar-refractivity contribution >= 4 is 18.3 Å². The zero-order valence-corrected chi connectivity index (χ0v) is 15.3. The maximum absolute atomic E-state index is 7.02. The lowest BCUT2D eigenvalue weighted by molar-refractivity contribution is -0.0389. The van der Waals surface area contributed by atoms with Gasteiger partial charge in [-0.05, 0) is 48.1 Å². The predicted octanol–water partition coefficient (Wildman–Crippen LogP) is 3.67. The maximum Gasteiger partial charge on any atom is 0.494 e. The molecule has 7 heteroatoms. The number of ether oxygens (including phenoxy) is 3. The highest BCUT2D eigenvalue weighted by molar-refractivity contribution is 6.61. The molecule has 0 radical (unpaired) electrons. The molecule has 2 aromatic carbocycles. The normalized spacial score (nSPS) is 14.4. The van der Waals surface area contributed by atoms with Crippen LogP contribution < -0.4 is 10.2 Å². The van der Waals surface area contributed by atoms with E-state index >= 15 is 0 Å². The highest BCUT2D eigenvalue weighted by Gasteiger charge is 2.26. The first-order valence-electron chi connectivity index (χ1n) is 8.88. The Kier molecular flexibility index (Phi) is 7.25. The first-order valence-corrected chi connectivity index (χ1v) is 8.88. The molecular formula is C20H22BNO5. The van der Waals surface area contributed by atoms with Gasteiger partial charge in [0.1, 0.15) is 18.3 Å². The van der Waals surface area contributed by atoms with Crippen LogP contribution in [-0.2, 0) is 25.4 Å². The Hall–Kier alpha value is -2.37. The van der Waals surface area contributed by atoms with Crippen LogP contribution in [0.3, 0.4) is 0 Å². The van der Waals surface area contributed by atoms with Crippen LogP contribution in [0.25, 0.3) is 4.85 Å². The van der Waals surface area contributed by atoms with E-state index < -0.39 is 7.12 Å². The molecule has 1 saturated heterocycles. The van der Waals surface area contributed by atoms with E-state index in [1.54, 1.807) is 31.4 Å².